The molecule has 0 saturated heterocycles. The summed E-state index contributed by atoms with van der Waals surface area (Å²) in [5, 5.41) is 0. The van der Waals surface area contributed by atoms with Gasteiger partial charge in [0.15, 0.2) is 0 Å². The minimum absolute atomic E-state index is 0.526. The first-order valence-corrected chi connectivity index (χ1v) is 6.06. The van der Waals surface area contributed by atoms with Gasteiger partial charge < -0.3 is 0 Å². The summed E-state index contributed by atoms with van der Waals surface area (Å²) in [4.78, 5) is 3.92. The lowest BCUT2D eigenvalue weighted by molar-refractivity contribution is -0.137. The van der Waals surface area contributed by atoms with E-state index in [-0.39, 0.29) is 0 Å². The predicted octanol–water partition coefficient (Wildman–Crippen LogP) is 4.86. The van der Waals surface area contributed by atoms with Gasteiger partial charge in [0.05, 0.1) is 5.56 Å². The molecule has 1 aromatic rings. The molecule has 1 aromatic heterocycles. The van der Waals surface area contributed by atoms with Gasteiger partial charge in [-0.1, -0.05) is 33.6 Å². The second-order valence-electron chi connectivity index (χ2n) is 3.49. The summed E-state index contributed by atoms with van der Waals surface area (Å²) < 4.78 is 37.0. The van der Waals surface area contributed by atoms with Crippen molar-refractivity contribution in [2.45, 2.75) is 52.6 Å². The van der Waals surface area contributed by atoms with Crippen LogP contribution in [0.25, 0.3) is 0 Å². The van der Waals surface area contributed by atoms with Crippen molar-refractivity contribution < 1.29 is 13.2 Å². The van der Waals surface area contributed by atoms with Gasteiger partial charge in [0.1, 0.15) is 0 Å². The van der Waals surface area contributed by atoms with E-state index < -0.39 is 11.7 Å². The number of aromatic nitrogens is 1. The van der Waals surface area contributed by atoms with E-state index in [9.17, 15) is 13.2 Å². The highest BCUT2D eigenvalue weighted by atomic mass is 19.4. The predicted molar refractivity (Wildman–Crippen MR) is 63.8 cm³/mol. The van der Waals surface area contributed by atoms with Gasteiger partial charge in [-0.25, -0.2) is 0 Å². The molecule has 4 heteroatoms. The van der Waals surface area contributed by atoms with Gasteiger partial charge in [-0.3, -0.25) is 4.98 Å². The van der Waals surface area contributed by atoms with Crippen molar-refractivity contribution in [1.29, 1.82) is 0 Å². The van der Waals surface area contributed by atoms with Gasteiger partial charge >= 0.3 is 6.18 Å². The molecule has 0 unspecified atom stereocenters. The van der Waals surface area contributed by atoms with Crippen LogP contribution in [0.3, 0.4) is 0 Å². The van der Waals surface area contributed by atoms with Crippen molar-refractivity contribution in [1.82, 2.24) is 4.98 Å². The summed E-state index contributed by atoms with van der Waals surface area (Å²) >= 11 is 0. The van der Waals surface area contributed by atoms with E-state index in [4.69, 9.17) is 0 Å². The quantitative estimate of drug-likeness (QED) is 0.692. The summed E-state index contributed by atoms with van der Waals surface area (Å²) in [7, 11) is 0. The summed E-state index contributed by atoms with van der Waals surface area (Å²) in [6.45, 7) is 6.06. The van der Waals surface area contributed by atoms with Gasteiger partial charge in [-0.05, 0) is 25.0 Å². The van der Waals surface area contributed by atoms with Crippen LogP contribution in [0.5, 0.6) is 0 Å². The Labute approximate surface area is 101 Å². The zero-order valence-corrected chi connectivity index (χ0v) is 10.6. The minimum Gasteiger partial charge on any atom is -0.261 e. The molecule has 17 heavy (non-hydrogen) atoms. The van der Waals surface area contributed by atoms with E-state index in [1.807, 2.05) is 13.8 Å². The van der Waals surface area contributed by atoms with Crippen molar-refractivity contribution in [3.8, 4) is 0 Å². The van der Waals surface area contributed by atoms with Gasteiger partial charge in [-0.15, -0.1) is 0 Å². The third-order valence-corrected chi connectivity index (χ3v) is 2.18. The van der Waals surface area contributed by atoms with Gasteiger partial charge in [0.2, 0.25) is 0 Å². The molecule has 0 spiro atoms. The molecule has 0 amide bonds. The number of aryl methyl sites for hydroxylation is 1. The molecule has 0 fully saturated rings. The summed E-state index contributed by atoms with van der Waals surface area (Å²) in [6.07, 6.45) is 0.562. The maximum Gasteiger partial charge on any atom is 0.416 e. The zero-order chi connectivity index (χ0) is 13.3. The van der Waals surface area contributed by atoms with Crippen LogP contribution < -0.4 is 0 Å². The van der Waals surface area contributed by atoms with Crippen LogP contribution in [0.15, 0.2) is 18.3 Å². The lowest BCUT2D eigenvalue weighted by Crippen LogP contribution is -2.06. The second-order valence-corrected chi connectivity index (χ2v) is 3.49. The maximum atomic E-state index is 12.3. The molecule has 0 radical (unpaired) electrons. The van der Waals surface area contributed by atoms with Crippen molar-refractivity contribution in [2.24, 2.45) is 0 Å². The lowest BCUT2D eigenvalue weighted by Gasteiger charge is -2.07. The molecule has 0 bridgehead atoms. The molecule has 0 aliphatic carbocycles. The molecule has 0 atom stereocenters. The maximum absolute atomic E-state index is 12.3. The fourth-order valence-electron chi connectivity index (χ4n) is 1.35. The first-order chi connectivity index (χ1) is 8.04. The number of alkyl halides is 3. The molecule has 1 heterocycles. The zero-order valence-electron chi connectivity index (χ0n) is 10.6. The number of pyridine rings is 1. The Morgan fingerprint density at radius 3 is 2.35 bits per heavy atom. The largest absolute Gasteiger partial charge is 0.416 e. The first kappa shape index (κ1) is 15.9. The number of hydrogen-bond acceptors (Lipinski definition) is 1. The molecule has 1 rings (SSSR count). The molecular weight excluding hydrogens is 227 g/mol. The second kappa shape index (κ2) is 8.09. The van der Waals surface area contributed by atoms with Crippen LogP contribution >= 0.6 is 0 Å². The van der Waals surface area contributed by atoms with Gasteiger partial charge in [-0.2, -0.15) is 13.2 Å². The number of rotatable bonds is 4. The van der Waals surface area contributed by atoms with Crippen molar-refractivity contribution in [3.05, 3.63) is 29.6 Å². The molecule has 0 aliphatic rings. The molecule has 1 nitrogen and oxygen atoms in total. The van der Waals surface area contributed by atoms with Crippen LogP contribution in [0.2, 0.25) is 0 Å². The highest BCUT2D eigenvalue weighted by Gasteiger charge is 2.30. The van der Waals surface area contributed by atoms with Gasteiger partial charge in [0, 0.05) is 11.9 Å². The fourth-order valence-corrected chi connectivity index (χ4v) is 1.35. The van der Waals surface area contributed by atoms with E-state index in [2.05, 4.69) is 11.9 Å². The van der Waals surface area contributed by atoms with Crippen LogP contribution in [0.1, 0.15) is 51.3 Å². The fraction of sp³-hybridized carbons (Fsp3) is 0.615. The normalized spacial score (nSPS) is 10.7. The Morgan fingerprint density at radius 1 is 1.18 bits per heavy atom. The Balaban J connectivity index is 0.00000121. The smallest absolute Gasteiger partial charge is 0.261 e. The molecule has 98 valence electrons. The highest BCUT2D eigenvalue weighted by Crippen LogP contribution is 2.29. The monoisotopic (exact) mass is 247 g/mol. The van der Waals surface area contributed by atoms with E-state index in [0.717, 1.165) is 31.4 Å². The Kier molecular flexibility index (Phi) is 7.59. The van der Waals surface area contributed by atoms with E-state index in [0.29, 0.717) is 12.1 Å². The molecular formula is C13H20F3N. The van der Waals surface area contributed by atoms with E-state index in [1.165, 1.54) is 6.20 Å². The van der Waals surface area contributed by atoms with Crippen molar-refractivity contribution >= 4 is 0 Å². The topological polar surface area (TPSA) is 12.9 Å². The SMILES string of the molecule is CC.CCCCCc1cc(C(F)(F)F)ccn1. The first-order valence-electron chi connectivity index (χ1n) is 6.06. The lowest BCUT2D eigenvalue weighted by atomic mass is 10.1. The Bertz CT molecular complexity index is 308. The number of unbranched alkanes of at least 4 members (excludes halogenated alkanes) is 2. The Morgan fingerprint density at radius 2 is 1.82 bits per heavy atom. The van der Waals surface area contributed by atoms with Crippen LogP contribution in [-0.2, 0) is 12.6 Å². The average Bonchev–Trinajstić information content (AvgIpc) is 2.31. The summed E-state index contributed by atoms with van der Waals surface area (Å²) in [5.74, 6) is 0. The van der Waals surface area contributed by atoms with Crippen LogP contribution in [-0.4, -0.2) is 4.98 Å². The molecule has 0 aliphatic heterocycles. The van der Waals surface area contributed by atoms with E-state index in [1.54, 1.807) is 0 Å². The van der Waals surface area contributed by atoms with Crippen LogP contribution in [0.4, 0.5) is 13.2 Å². The number of halogens is 3. The third-order valence-electron chi connectivity index (χ3n) is 2.18. The Hall–Kier alpha value is -1.06. The third kappa shape index (κ3) is 6.29. The van der Waals surface area contributed by atoms with Crippen molar-refractivity contribution in [3.63, 3.8) is 0 Å². The summed E-state index contributed by atoms with van der Waals surface area (Å²) in [5.41, 5.74) is -0.0812. The molecule has 0 aromatic carbocycles. The summed E-state index contributed by atoms with van der Waals surface area (Å²) in [6, 6.07) is 2.14. The highest BCUT2D eigenvalue weighted by molar-refractivity contribution is 5.19. The molecule has 0 saturated carbocycles. The molecule has 0 N–H and O–H groups in total. The minimum atomic E-state index is -4.26. The van der Waals surface area contributed by atoms with Crippen molar-refractivity contribution in [2.75, 3.05) is 0 Å². The number of hydrogen-bond donors (Lipinski definition) is 0. The number of nitrogens with zero attached hydrogens (tertiary/aromatic N) is 1. The average molecular weight is 247 g/mol. The van der Waals surface area contributed by atoms with Gasteiger partial charge in [0.25, 0.3) is 0 Å². The van der Waals surface area contributed by atoms with E-state index >= 15 is 0 Å². The standard InChI is InChI=1S/C11H14F3N.C2H6/c1-2-3-4-5-10-8-9(6-7-15-10)11(12,13)14;1-2/h6-8H,2-5H2,1H3;1-2H3. The van der Waals surface area contributed by atoms with Crippen LogP contribution in [0, 0.1) is 0 Å².